The van der Waals surface area contributed by atoms with Gasteiger partial charge in [-0.1, -0.05) is 13.8 Å². The van der Waals surface area contributed by atoms with E-state index in [0.717, 1.165) is 18.8 Å². The molecule has 1 atom stereocenters. The van der Waals surface area contributed by atoms with E-state index in [-0.39, 0.29) is 0 Å². The summed E-state index contributed by atoms with van der Waals surface area (Å²) in [4.78, 5) is 6.87. The summed E-state index contributed by atoms with van der Waals surface area (Å²) in [7, 11) is 2.20. The van der Waals surface area contributed by atoms with E-state index in [2.05, 4.69) is 46.9 Å². The van der Waals surface area contributed by atoms with Crippen molar-refractivity contribution in [3.63, 3.8) is 0 Å². The van der Waals surface area contributed by atoms with Gasteiger partial charge >= 0.3 is 0 Å². The Hall–Kier alpha value is -0.870. The number of likely N-dealkylation sites (N-methyl/N-ethyl adjacent to an activating group) is 1. The summed E-state index contributed by atoms with van der Waals surface area (Å²) in [6.45, 7) is 7.56. The van der Waals surface area contributed by atoms with E-state index in [4.69, 9.17) is 0 Å². The molecule has 0 radical (unpaired) electrons. The van der Waals surface area contributed by atoms with Crippen molar-refractivity contribution >= 4 is 0 Å². The molecule has 1 unspecified atom stereocenters. The van der Waals surface area contributed by atoms with Gasteiger partial charge in [-0.25, -0.2) is 4.98 Å². The molecule has 1 aromatic heterocycles. The fourth-order valence-corrected chi connectivity index (χ4v) is 2.36. The van der Waals surface area contributed by atoms with E-state index in [1.165, 1.54) is 19.4 Å². The minimum absolute atomic E-state index is 0.515. The molecule has 2 rings (SSSR count). The zero-order chi connectivity index (χ0) is 12.3. The van der Waals surface area contributed by atoms with Crippen LogP contribution in [-0.4, -0.2) is 40.6 Å². The molecule has 1 saturated heterocycles. The molecule has 0 amide bonds. The van der Waals surface area contributed by atoms with E-state index < -0.39 is 0 Å². The van der Waals surface area contributed by atoms with E-state index in [1.54, 1.807) is 0 Å². The Morgan fingerprint density at radius 2 is 2.35 bits per heavy atom. The number of rotatable bonds is 4. The Morgan fingerprint density at radius 1 is 1.53 bits per heavy atom. The number of piperidine rings is 1. The second-order valence-electron chi connectivity index (χ2n) is 5.41. The van der Waals surface area contributed by atoms with Gasteiger partial charge in [0.25, 0.3) is 0 Å². The van der Waals surface area contributed by atoms with Gasteiger partial charge in [0.1, 0.15) is 0 Å². The zero-order valence-corrected chi connectivity index (χ0v) is 11.2. The van der Waals surface area contributed by atoms with E-state index in [1.807, 2.05) is 6.33 Å². The molecule has 0 aromatic carbocycles. The highest BCUT2D eigenvalue weighted by molar-refractivity contribution is 4.98. The van der Waals surface area contributed by atoms with Gasteiger partial charge in [-0.05, 0) is 26.4 Å². The minimum atomic E-state index is 0.515. The molecule has 0 aliphatic carbocycles. The fourth-order valence-electron chi connectivity index (χ4n) is 2.36. The van der Waals surface area contributed by atoms with Gasteiger partial charge in [0, 0.05) is 31.4 Å². The van der Waals surface area contributed by atoms with Crippen molar-refractivity contribution in [1.82, 2.24) is 19.8 Å². The third kappa shape index (κ3) is 3.54. The highest BCUT2D eigenvalue weighted by Gasteiger charge is 2.18. The van der Waals surface area contributed by atoms with E-state index in [0.29, 0.717) is 12.1 Å². The molecule has 0 saturated carbocycles. The molecule has 1 aliphatic heterocycles. The summed E-state index contributed by atoms with van der Waals surface area (Å²) >= 11 is 0. The number of nitrogens with zero attached hydrogens (tertiary/aromatic N) is 3. The molecule has 17 heavy (non-hydrogen) atoms. The molecule has 1 fully saturated rings. The average Bonchev–Trinajstić information content (AvgIpc) is 2.75. The second-order valence-corrected chi connectivity index (χ2v) is 5.41. The van der Waals surface area contributed by atoms with Crippen LogP contribution in [-0.2, 0) is 6.54 Å². The Bertz CT molecular complexity index is 345. The van der Waals surface area contributed by atoms with Crippen LogP contribution in [0.2, 0.25) is 0 Å². The SMILES string of the molecule is CC(C)NCc1cn(C2CCCN(C)C2)cn1. The predicted molar refractivity (Wildman–Crippen MR) is 70.0 cm³/mol. The summed E-state index contributed by atoms with van der Waals surface area (Å²) in [5, 5.41) is 3.40. The maximum absolute atomic E-state index is 4.47. The van der Waals surface area contributed by atoms with Crippen molar-refractivity contribution in [2.45, 2.75) is 45.3 Å². The number of likely N-dealkylation sites (tertiary alicyclic amines) is 1. The second kappa shape index (κ2) is 5.65. The topological polar surface area (TPSA) is 33.1 Å². The van der Waals surface area contributed by atoms with Crippen LogP contribution < -0.4 is 5.32 Å². The monoisotopic (exact) mass is 236 g/mol. The van der Waals surface area contributed by atoms with Crippen LogP contribution in [0.25, 0.3) is 0 Å². The summed E-state index contributed by atoms with van der Waals surface area (Å²) < 4.78 is 2.28. The van der Waals surface area contributed by atoms with Crippen LogP contribution in [0.3, 0.4) is 0 Å². The summed E-state index contributed by atoms with van der Waals surface area (Å²) in [5.74, 6) is 0. The average molecular weight is 236 g/mol. The van der Waals surface area contributed by atoms with Gasteiger partial charge in [0.05, 0.1) is 12.0 Å². The molecule has 2 heterocycles. The Balaban J connectivity index is 1.92. The molecule has 0 spiro atoms. The van der Waals surface area contributed by atoms with E-state index >= 15 is 0 Å². The van der Waals surface area contributed by atoms with Crippen LogP contribution in [0, 0.1) is 0 Å². The van der Waals surface area contributed by atoms with E-state index in [9.17, 15) is 0 Å². The third-order valence-corrected chi connectivity index (χ3v) is 3.37. The highest BCUT2D eigenvalue weighted by Crippen LogP contribution is 2.20. The standard InChI is InChI=1S/C13H24N4/c1-11(2)14-7-12-8-17(10-15-12)13-5-4-6-16(3)9-13/h8,10-11,13-14H,4-7,9H2,1-3H3. The molecule has 4 nitrogen and oxygen atoms in total. The van der Waals surface area contributed by atoms with Gasteiger partial charge in [-0.2, -0.15) is 0 Å². The Kier molecular flexibility index (Phi) is 4.18. The lowest BCUT2D eigenvalue weighted by atomic mass is 10.1. The Morgan fingerprint density at radius 3 is 3.06 bits per heavy atom. The maximum Gasteiger partial charge on any atom is 0.0953 e. The first-order valence-electron chi connectivity index (χ1n) is 6.59. The minimum Gasteiger partial charge on any atom is -0.333 e. The fraction of sp³-hybridized carbons (Fsp3) is 0.769. The first-order valence-corrected chi connectivity index (χ1v) is 6.59. The normalized spacial score (nSPS) is 22.2. The molecule has 96 valence electrons. The van der Waals surface area contributed by atoms with Crippen LogP contribution in [0.5, 0.6) is 0 Å². The lowest BCUT2D eigenvalue weighted by Crippen LogP contribution is -2.33. The third-order valence-electron chi connectivity index (χ3n) is 3.37. The van der Waals surface area contributed by atoms with Gasteiger partial charge in [-0.15, -0.1) is 0 Å². The first-order chi connectivity index (χ1) is 8.15. The van der Waals surface area contributed by atoms with Crippen LogP contribution >= 0.6 is 0 Å². The molecular weight excluding hydrogens is 212 g/mol. The number of imidazole rings is 1. The molecule has 1 N–H and O–H groups in total. The number of hydrogen-bond acceptors (Lipinski definition) is 3. The summed E-state index contributed by atoms with van der Waals surface area (Å²) in [6, 6.07) is 1.12. The lowest BCUT2D eigenvalue weighted by Gasteiger charge is -2.30. The molecular formula is C13H24N4. The van der Waals surface area contributed by atoms with Crippen molar-refractivity contribution in [1.29, 1.82) is 0 Å². The van der Waals surface area contributed by atoms with Crippen molar-refractivity contribution in [2.75, 3.05) is 20.1 Å². The van der Waals surface area contributed by atoms with Crippen molar-refractivity contribution in [2.24, 2.45) is 0 Å². The van der Waals surface area contributed by atoms with Crippen molar-refractivity contribution in [3.05, 3.63) is 18.2 Å². The lowest BCUT2D eigenvalue weighted by molar-refractivity contribution is 0.212. The maximum atomic E-state index is 4.47. The van der Waals surface area contributed by atoms with Gasteiger partial charge in [-0.3, -0.25) is 0 Å². The van der Waals surface area contributed by atoms with Gasteiger partial charge in [0.15, 0.2) is 0 Å². The molecule has 4 heteroatoms. The smallest absolute Gasteiger partial charge is 0.0953 e. The van der Waals surface area contributed by atoms with Crippen molar-refractivity contribution < 1.29 is 0 Å². The highest BCUT2D eigenvalue weighted by atomic mass is 15.2. The number of hydrogen-bond donors (Lipinski definition) is 1. The van der Waals surface area contributed by atoms with Gasteiger partial charge in [0.2, 0.25) is 0 Å². The molecule has 0 bridgehead atoms. The molecule has 1 aromatic rings. The van der Waals surface area contributed by atoms with Crippen LogP contribution in [0.15, 0.2) is 12.5 Å². The number of nitrogens with one attached hydrogen (secondary N) is 1. The quantitative estimate of drug-likeness (QED) is 0.863. The summed E-state index contributed by atoms with van der Waals surface area (Å²) in [6.07, 6.45) is 6.75. The largest absolute Gasteiger partial charge is 0.333 e. The Labute approximate surface area is 104 Å². The number of aromatic nitrogens is 2. The zero-order valence-electron chi connectivity index (χ0n) is 11.2. The van der Waals surface area contributed by atoms with Crippen LogP contribution in [0.4, 0.5) is 0 Å². The molecule has 1 aliphatic rings. The van der Waals surface area contributed by atoms with Crippen LogP contribution in [0.1, 0.15) is 38.4 Å². The summed E-state index contributed by atoms with van der Waals surface area (Å²) in [5.41, 5.74) is 1.15. The van der Waals surface area contributed by atoms with Gasteiger partial charge < -0.3 is 14.8 Å². The van der Waals surface area contributed by atoms with Crippen molar-refractivity contribution in [3.8, 4) is 0 Å². The first kappa shape index (κ1) is 12.6. The predicted octanol–water partition coefficient (Wildman–Crippen LogP) is 1.65.